The minimum absolute atomic E-state index is 0.0171. The summed E-state index contributed by atoms with van der Waals surface area (Å²) in [6, 6.07) is 16.0. The first-order valence-corrected chi connectivity index (χ1v) is 11.0. The number of benzene rings is 2. The molecule has 2 aromatic heterocycles. The smallest absolute Gasteiger partial charge is 0.233 e. The van der Waals surface area contributed by atoms with Crippen LogP contribution in [-0.4, -0.2) is 43.8 Å². The first kappa shape index (κ1) is 19.6. The zero-order valence-electron chi connectivity index (χ0n) is 16.4. The summed E-state index contributed by atoms with van der Waals surface area (Å²) < 4.78 is 1.13. The van der Waals surface area contributed by atoms with E-state index in [-0.39, 0.29) is 17.7 Å². The van der Waals surface area contributed by atoms with Gasteiger partial charge in [0.15, 0.2) is 5.82 Å². The first-order chi connectivity index (χ1) is 14.0. The van der Waals surface area contributed by atoms with Gasteiger partial charge >= 0.3 is 0 Å². The number of hydrogen-bond acceptors (Lipinski definition) is 6. The van der Waals surface area contributed by atoms with E-state index in [4.69, 9.17) is 0 Å². The third-order valence-electron chi connectivity index (χ3n) is 4.76. The van der Waals surface area contributed by atoms with E-state index in [2.05, 4.69) is 26.2 Å². The summed E-state index contributed by atoms with van der Waals surface area (Å²) in [5.41, 5.74) is 3.14. The Morgan fingerprint density at radius 1 is 1.17 bits per heavy atom. The van der Waals surface area contributed by atoms with E-state index in [9.17, 15) is 4.79 Å². The molecule has 8 heteroatoms. The number of para-hydroxylation sites is 1. The zero-order chi connectivity index (χ0) is 20.4. The normalized spacial score (nSPS) is 12.2. The van der Waals surface area contributed by atoms with Crippen molar-refractivity contribution in [1.29, 1.82) is 0 Å². The van der Waals surface area contributed by atoms with Crippen molar-refractivity contribution >= 4 is 39.2 Å². The Labute approximate surface area is 177 Å². The van der Waals surface area contributed by atoms with Crippen LogP contribution >= 0.6 is 23.1 Å². The lowest BCUT2D eigenvalue weighted by Gasteiger charge is -2.22. The highest BCUT2D eigenvalue weighted by molar-refractivity contribution is 7.99. The van der Waals surface area contributed by atoms with E-state index < -0.39 is 0 Å². The van der Waals surface area contributed by atoms with Gasteiger partial charge in [-0.25, -0.2) is 9.97 Å². The average molecular weight is 424 g/mol. The molecular formula is C21H21N5OS2. The highest BCUT2D eigenvalue weighted by Crippen LogP contribution is 2.29. The maximum absolute atomic E-state index is 12.7. The van der Waals surface area contributed by atoms with Crippen molar-refractivity contribution in [2.45, 2.75) is 25.0 Å². The van der Waals surface area contributed by atoms with Crippen molar-refractivity contribution in [3.05, 3.63) is 59.1 Å². The van der Waals surface area contributed by atoms with Crippen molar-refractivity contribution in [2.75, 3.05) is 12.8 Å². The fourth-order valence-corrected chi connectivity index (χ4v) is 4.62. The minimum atomic E-state index is -0.0873. The second-order valence-electron chi connectivity index (χ2n) is 6.82. The Balaban J connectivity index is 1.38. The number of carbonyl (C=O) groups excluding carboxylic acids is 1. The summed E-state index contributed by atoms with van der Waals surface area (Å²) >= 11 is 2.96. The van der Waals surface area contributed by atoms with Gasteiger partial charge in [-0.3, -0.25) is 9.89 Å². The van der Waals surface area contributed by atoms with Crippen molar-refractivity contribution < 1.29 is 4.79 Å². The molecule has 4 rings (SSSR count). The zero-order valence-corrected chi connectivity index (χ0v) is 18.0. The Bertz CT molecular complexity index is 1100. The number of thiazole rings is 1. The molecular weight excluding hydrogens is 402 g/mol. The van der Waals surface area contributed by atoms with Crippen molar-refractivity contribution in [1.82, 2.24) is 25.1 Å². The lowest BCUT2D eigenvalue weighted by atomic mass is 10.1. The van der Waals surface area contributed by atoms with Crippen LogP contribution in [0.2, 0.25) is 0 Å². The molecule has 4 aromatic rings. The van der Waals surface area contributed by atoms with E-state index in [1.165, 1.54) is 17.3 Å². The molecule has 2 aromatic carbocycles. The van der Waals surface area contributed by atoms with Crippen LogP contribution in [0, 0.1) is 6.92 Å². The number of nitrogens with one attached hydrogen (secondary N) is 1. The number of amides is 1. The van der Waals surface area contributed by atoms with E-state index in [0.29, 0.717) is 11.0 Å². The van der Waals surface area contributed by atoms with Crippen molar-refractivity contribution in [2.24, 2.45) is 0 Å². The SMILES string of the molecule is Cc1ccc(-c2nc(SCC(=O)N(C)[C@@H](C)c3nc4ccccc4s3)n[nH]2)cc1. The molecule has 1 atom stereocenters. The number of aryl methyl sites for hydroxylation is 1. The molecule has 0 fully saturated rings. The molecule has 29 heavy (non-hydrogen) atoms. The lowest BCUT2D eigenvalue weighted by molar-refractivity contribution is -0.128. The summed E-state index contributed by atoms with van der Waals surface area (Å²) in [5.74, 6) is 0.997. The van der Waals surface area contributed by atoms with Crippen LogP contribution in [0.15, 0.2) is 53.7 Å². The molecule has 1 amide bonds. The molecule has 1 N–H and O–H groups in total. The van der Waals surface area contributed by atoms with Crippen molar-refractivity contribution in [3.63, 3.8) is 0 Å². The number of aromatic nitrogens is 4. The number of thioether (sulfide) groups is 1. The summed E-state index contributed by atoms with van der Waals surface area (Å²) in [4.78, 5) is 23.6. The number of H-pyrrole nitrogens is 1. The minimum Gasteiger partial charge on any atom is -0.336 e. The van der Waals surface area contributed by atoms with Gasteiger partial charge < -0.3 is 4.90 Å². The van der Waals surface area contributed by atoms with Crippen LogP contribution in [0.1, 0.15) is 23.5 Å². The van der Waals surface area contributed by atoms with Gasteiger partial charge in [-0.05, 0) is 26.0 Å². The Kier molecular flexibility index (Phi) is 5.64. The largest absolute Gasteiger partial charge is 0.336 e. The van der Waals surface area contributed by atoms with Crippen LogP contribution in [0.25, 0.3) is 21.6 Å². The van der Waals surface area contributed by atoms with Gasteiger partial charge in [0.1, 0.15) is 5.01 Å². The molecule has 6 nitrogen and oxygen atoms in total. The molecule has 148 valence electrons. The fourth-order valence-electron chi connectivity index (χ4n) is 2.83. The van der Waals surface area contributed by atoms with E-state index >= 15 is 0 Å². The summed E-state index contributed by atoms with van der Waals surface area (Å²) in [6.45, 7) is 4.05. The molecule has 0 spiro atoms. The van der Waals surface area contributed by atoms with Crippen molar-refractivity contribution in [3.8, 4) is 11.4 Å². The molecule has 0 bridgehead atoms. The van der Waals surface area contributed by atoms with Crippen LogP contribution in [-0.2, 0) is 4.79 Å². The van der Waals surface area contributed by atoms with Gasteiger partial charge in [-0.1, -0.05) is 53.7 Å². The highest BCUT2D eigenvalue weighted by Gasteiger charge is 2.21. The number of nitrogens with zero attached hydrogens (tertiary/aromatic N) is 4. The third-order valence-corrected chi connectivity index (χ3v) is 6.80. The monoisotopic (exact) mass is 423 g/mol. The van der Waals surface area contributed by atoms with Crippen LogP contribution in [0.4, 0.5) is 0 Å². The molecule has 2 heterocycles. The maximum atomic E-state index is 12.7. The fraction of sp³-hybridized carbons (Fsp3) is 0.238. The number of fused-ring (bicyclic) bond motifs is 1. The number of hydrogen-bond donors (Lipinski definition) is 1. The van der Waals surface area contributed by atoms with Gasteiger partial charge in [0.25, 0.3) is 0 Å². The van der Waals surface area contributed by atoms with Crippen LogP contribution in [0.5, 0.6) is 0 Å². The standard InChI is InChI=1S/C21H21N5OS2/c1-13-8-10-15(11-9-13)19-23-21(25-24-19)28-12-18(27)26(3)14(2)20-22-16-6-4-5-7-17(16)29-20/h4-11,14H,12H2,1-3H3,(H,23,24,25)/t14-/m0/s1. The number of aromatic amines is 1. The third kappa shape index (κ3) is 4.33. The molecule has 0 saturated carbocycles. The average Bonchev–Trinajstić information content (AvgIpc) is 3.38. The van der Waals surface area contributed by atoms with Crippen LogP contribution in [0.3, 0.4) is 0 Å². The first-order valence-electron chi connectivity index (χ1n) is 9.24. The van der Waals surface area contributed by atoms with Gasteiger partial charge in [0.2, 0.25) is 11.1 Å². The second kappa shape index (κ2) is 8.34. The van der Waals surface area contributed by atoms with E-state index in [0.717, 1.165) is 20.8 Å². The summed E-state index contributed by atoms with van der Waals surface area (Å²) in [6.07, 6.45) is 0. The molecule has 0 unspecified atom stereocenters. The summed E-state index contributed by atoms with van der Waals surface area (Å²) in [7, 11) is 1.81. The number of carbonyl (C=O) groups is 1. The van der Waals surface area contributed by atoms with Gasteiger partial charge in [-0.15, -0.1) is 16.4 Å². The quantitative estimate of drug-likeness (QED) is 0.455. The number of rotatable bonds is 6. The Morgan fingerprint density at radius 3 is 2.69 bits per heavy atom. The van der Waals surface area contributed by atoms with Gasteiger partial charge in [-0.2, -0.15) is 0 Å². The molecule has 0 saturated heterocycles. The molecule has 0 aliphatic carbocycles. The van der Waals surface area contributed by atoms with E-state index in [1.54, 1.807) is 16.2 Å². The molecule has 0 aliphatic rings. The predicted molar refractivity (Wildman–Crippen MR) is 118 cm³/mol. The van der Waals surface area contributed by atoms with Gasteiger partial charge in [0, 0.05) is 12.6 Å². The van der Waals surface area contributed by atoms with Gasteiger partial charge in [0.05, 0.1) is 22.0 Å². The molecule has 0 aliphatic heterocycles. The van der Waals surface area contributed by atoms with Crippen LogP contribution < -0.4 is 0 Å². The summed E-state index contributed by atoms with van der Waals surface area (Å²) in [5, 5.41) is 8.67. The maximum Gasteiger partial charge on any atom is 0.233 e. The van der Waals surface area contributed by atoms with E-state index in [1.807, 2.05) is 63.4 Å². The lowest BCUT2D eigenvalue weighted by Crippen LogP contribution is -2.31. The Morgan fingerprint density at radius 2 is 1.93 bits per heavy atom. The topological polar surface area (TPSA) is 74.8 Å². The molecule has 0 radical (unpaired) electrons. The highest BCUT2D eigenvalue weighted by atomic mass is 32.2. The Hall–Kier alpha value is -2.71. The predicted octanol–water partition coefficient (Wildman–Crippen LogP) is 4.70. The second-order valence-corrected chi connectivity index (χ2v) is 8.83.